The summed E-state index contributed by atoms with van der Waals surface area (Å²) in [7, 11) is 0. The average Bonchev–Trinajstić information content (AvgIpc) is 2.41. The van der Waals surface area contributed by atoms with Crippen LogP contribution < -0.4 is 5.73 Å². The van der Waals surface area contributed by atoms with Gasteiger partial charge in [0.1, 0.15) is 0 Å². The van der Waals surface area contributed by atoms with E-state index in [-0.39, 0.29) is 6.04 Å². The molecule has 2 heteroatoms. The first-order valence-corrected chi connectivity index (χ1v) is 6.61. The number of hydrogen-bond acceptors (Lipinski definition) is 2. The van der Waals surface area contributed by atoms with Crippen molar-refractivity contribution in [3.8, 4) is 0 Å². The van der Waals surface area contributed by atoms with Gasteiger partial charge in [0.15, 0.2) is 0 Å². The molecule has 0 aromatic heterocycles. The average molecular weight is 213 g/mol. The summed E-state index contributed by atoms with van der Waals surface area (Å²) in [5.74, 6) is 0.686. The third-order valence-electron chi connectivity index (χ3n) is 3.38. The quantitative estimate of drug-likeness (QED) is 0.712. The van der Waals surface area contributed by atoms with E-state index in [4.69, 9.17) is 10.5 Å². The topological polar surface area (TPSA) is 35.2 Å². The lowest BCUT2D eigenvalue weighted by molar-refractivity contribution is 0.0117. The van der Waals surface area contributed by atoms with Gasteiger partial charge in [0.25, 0.3) is 0 Å². The van der Waals surface area contributed by atoms with Crippen molar-refractivity contribution >= 4 is 0 Å². The van der Waals surface area contributed by atoms with Gasteiger partial charge >= 0.3 is 0 Å². The fourth-order valence-electron chi connectivity index (χ4n) is 2.37. The van der Waals surface area contributed by atoms with Crippen molar-refractivity contribution in [3.63, 3.8) is 0 Å². The van der Waals surface area contributed by atoms with E-state index < -0.39 is 0 Å². The van der Waals surface area contributed by atoms with Crippen molar-refractivity contribution in [1.82, 2.24) is 0 Å². The van der Waals surface area contributed by atoms with E-state index in [0.717, 1.165) is 13.0 Å². The highest BCUT2D eigenvalue weighted by Crippen LogP contribution is 2.20. The molecule has 0 aromatic carbocycles. The van der Waals surface area contributed by atoms with Crippen LogP contribution in [-0.2, 0) is 4.74 Å². The summed E-state index contributed by atoms with van der Waals surface area (Å²) in [6.45, 7) is 5.39. The molecule has 3 unspecified atom stereocenters. The van der Waals surface area contributed by atoms with Gasteiger partial charge in [-0.05, 0) is 25.2 Å². The summed E-state index contributed by atoms with van der Waals surface area (Å²) >= 11 is 0. The van der Waals surface area contributed by atoms with Crippen molar-refractivity contribution in [2.24, 2.45) is 11.7 Å². The third kappa shape index (κ3) is 4.98. The van der Waals surface area contributed by atoms with Gasteiger partial charge in [0.05, 0.1) is 6.10 Å². The second kappa shape index (κ2) is 7.24. The highest BCUT2D eigenvalue weighted by molar-refractivity contribution is 4.77. The van der Waals surface area contributed by atoms with Crippen LogP contribution in [0.25, 0.3) is 0 Å². The van der Waals surface area contributed by atoms with Gasteiger partial charge in [-0.3, -0.25) is 0 Å². The van der Waals surface area contributed by atoms with Gasteiger partial charge in [-0.15, -0.1) is 0 Å². The minimum Gasteiger partial charge on any atom is -0.376 e. The van der Waals surface area contributed by atoms with Gasteiger partial charge < -0.3 is 10.5 Å². The highest BCUT2D eigenvalue weighted by atomic mass is 16.5. The summed E-state index contributed by atoms with van der Waals surface area (Å²) in [4.78, 5) is 0. The Labute approximate surface area is 94.6 Å². The molecule has 90 valence electrons. The van der Waals surface area contributed by atoms with Crippen LogP contribution in [0.4, 0.5) is 0 Å². The molecule has 1 saturated carbocycles. The Morgan fingerprint density at radius 1 is 1.27 bits per heavy atom. The van der Waals surface area contributed by atoms with Crippen molar-refractivity contribution in [1.29, 1.82) is 0 Å². The maximum atomic E-state index is 6.11. The lowest BCUT2D eigenvalue weighted by Crippen LogP contribution is -2.36. The largest absolute Gasteiger partial charge is 0.376 e. The molecular weight excluding hydrogens is 186 g/mol. The summed E-state index contributed by atoms with van der Waals surface area (Å²) in [5.41, 5.74) is 6.11. The zero-order valence-electron chi connectivity index (χ0n) is 10.4. The van der Waals surface area contributed by atoms with E-state index in [2.05, 4.69) is 13.8 Å². The Hall–Kier alpha value is -0.0800. The molecule has 0 amide bonds. The molecule has 0 aliphatic heterocycles. The molecular formula is C13H27NO. The molecule has 3 atom stereocenters. The Balaban J connectivity index is 2.22. The first-order valence-electron chi connectivity index (χ1n) is 6.61. The van der Waals surface area contributed by atoms with Crippen LogP contribution >= 0.6 is 0 Å². The minimum absolute atomic E-state index is 0.279. The van der Waals surface area contributed by atoms with Crippen LogP contribution in [-0.4, -0.2) is 18.8 Å². The molecule has 1 fully saturated rings. The summed E-state index contributed by atoms with van der Waals surface area (Å²) in [6, 6.07) is 0.279. The number of nitrogens with two attached hydrogens (primary N) is 1. The fourth-order valence-corrected chi connectivity index (χ4v) is 2.37. The predicted molar refractivity (Wildman–Crippen MR) is 64.9 cm³/mol. The Kier molecular flexibility index (Phi) is 6.26. The van der Waals surface area contributed by atoms with E-state index in [0.29, 0.717) is 12.0 Å². The van der Waals surface area contributed by atoms with Crippen molar-refractivity contribution in [3.05, 3.63) is 0 Å². The molecule has 1 aliphatic carbocycles. The summed E-state index contributed by atoms with van der Waals surface area (Å²) in [5, 5.41) is 0. The maximum Gasteiger partial charge on any atom is 0.0726 e. The van der Waals surface area contributed by atoms with Crippen molar-refractivity contribution < 1.29 is 4.74 Å². The molecule has 2 N–H and O–H groups in total. The standard InChI is InChI=1S/C13H27NO/c1-3-7-11(2)10-15-13-9-6-4-5-8-12(13)14/h11-13H,3-10,14H2,1-2H3. The first kappa shape index (κ1) is 13.0. The van der Waals surface area contributed by atoms with Crippen LogP contribution in [0.5, 0.6) is 0 Å². The Morgan fingerprint density at radius 3 is 2.73 bits per heavy atom. The van der Waals surface area contributed by atoms with Gasteiger partial charge in [-0.2, -0.15) is 0 Å². The van der Waals surface area contributed by atoms with Gasteiger partial charge in [-0.1, -0.05) is 39.5 Å². The monoisotopic (exact) mass is 213 g/mol. The van der Waals surface area contributed by atoms with Crippen molar-refractivity contribution in [2.45, 2.75) is 70.9 Å². The molecule has 0 spiro atoms. The first-order chi connectivity index (χ1) is 7.24. The Bertz CT molecular complexity index is 161. The molecule has 0 radical (unpaired) electrons. The van der Waals surface area contributed by atoms with Gasteiger partial charge in [-0.25, -0.2) is 0 Å². The number of hydrogen-bond donors (Lipinski definition) is 1. The summed E-state index contributed by atoms with van der Waals surface area (Å²) in [6.07, 6.45) is 9.06. The molecule has 15 heavy (non-hydrogen) atoms. The van der Waals surface area contributed by atoms with Crippen LogP contribution in [0.3, 0.4) is 0 Å². The molecule has 1 aliphatic rings. The third-order valence-corrected chi connectivity index (χ3v) is 3.38. The highest BCUT2D eigenvalue weighted by Gasteiger charge is 2.21. The number of ether oxygens (including phenoxy) is 1. The second-order valence-electron chi connectivity index (χ2n) is 5.07. The van der Waals surface area contributed by atoms with Gasteiger partial charge in [0.2, 0.25) is 0 Å². The molecule has 1 rings (SSSR count). The van der Waals surface area contributed by atoms with Crippen LogP contribution in [0.15, 0.2) is 0 Å². The Morgan fingerprint density at radius 2 is 2.00 bits per heavy atom. The second-order valence-corrected chi connectivity index (χ2v) is 5.07. The van der Waals surface area contributed by atoms with E-state index in [1.165, 1.54) is 38.5 Å². The van der Waals surface area contributed by atoms with E-state index in [1.54, 1.807) is 0 Å². The molecule has 0 saturated heterocycles. The number of rotatable bonds is 5. The SMILES string of the molecule is CCCC(C)COC1CCCCCC1N. The predicted octanol–water partition coefficient (Wildman–Crippen LogP) is 3.10. The molecule has 2 nitrogen and oxygen atoms in total. The van der Waals surface area contributed by atoms with E-state index >= 15 is 0 Å². The molecule has 0 heterocycles. The van der Waals surface area contributed by atoms with Crippen molar-refractivity contribution in [2.75, 3.05) is 6.61 Å². The fraction of sp³-hybridized carbons (Fsp3) is 1.00. The lowest BCUT2D eigenvalue weighted by Gasteiger charge is -2.23. The molecule has 0 aromatic rings. The van der Waals surface area contributed by atoms with Crippen LogP contribution in [0, 0.1) is 5.92 Å². The molecule has 0 bridgehead atoms. The van der Waals surface area contributed by atoms with E-state index in [9.17, 15) is 0 Å². The maximum absolute atomic E-state index is 6.11. The normalized spacial score (nSPS) is 29.8. The van der Waals surface area contributed by atoms with E-state index in [1.807, 2.05) is 0 Å². The lowest BCUT2D eigenvalue weighted by atomic mass is 10.1. The minimum atomic E-state index is 0.279. The van der Waals surface area contributed by atoms with Gasteiger partial charge in [0, 0.05) is 12.6 Å². The zero-order chi connectivity index (χ0) is 11.1. The van der Waals surface area contributed by atoms with Crippen LogP contribution in [0.1, 0.15) is 58.8 Å². The van der Waals surface area contributed by atoms with Crippen LogP contribution in [0.2, 0.25) is 0 Å². The smallest absolute Gasteiger partial charge is 0.0726 e. The zero-order valence-corrected chi connectivity index (χ0v) is 10.4. The summed E-state index contributed by atoms with van der Waals surface area (Å²) < 4.78 is 5.96.